The number of ether oxygens (including phenoxy) is 2. The fraction of sp³-hybridized carbons (Fsp3) is 0.632. The summed E-state index contributed by atoms with van der Waals surface area (Å²) in [6, 6.07) is 10.8. The summed E-state index contributed by atoms with van der Waals surface area (Å²) in [4.78, 5) is 4.32. The molecule has 0 spiro atoms. The van der Waals surface area contributed by atoms with Crippen LogP contribution in [-0.2, 0) is 14.9 Å². The molecule has 1 aliphatic rings. The molecular weight excluding hydrogens is 302 g/mol. The molecule has 1 aliphatic carbocycles. The van der Waals surface area contributed by atoms with E-state index in [1.807, 2.05) is 7.05 Å². The van der Waals surface area contributed by atoms with Gasteiger partial charge in [0.15, 0.2) is 5.96 Å². The summed E-state index contributed by atoms with van der Waals surface area (Å²) in [7, 11) is 3.51. The molecule has 0 aliphatic heterocycles. The van der Waals surface area contributed by atoms with Gasteiger partial charge in [0, 0.05) is 39.3 Å². The molecule has 1 aromatic rings. The van der Waals surface area contributed by atoms with Crippen molar-refractivity contribution >= 4 is 5.96 Å². The minimum atomic E-state index is 0.300. The summed E-state index contributed by atoms with van der Waals surface area (Å²) < 4.78 is 10.4. The third kappa shape index (κ3) is 6.13. The lowest BCUT2D eigenvalue weighted by Gasteiger charge is -2.19. The van der Waals surface area contributed by atoms with Gasteiger partial charge >= 0.3 is 0 Å². The van der Waals surface area contributed by atoms with Gasteiger partial charge in [-0.1, -0.05) is 30.3 Å². The van der Waals surface area contributed by atoms with E-state index in [9.17, 15) is 0 Å². The molecule has 0 saturated heterocycles. The van der Waals surface area contributed by atoms with Crippen LogP contribution in [0.5, 0.6) is 0 Å². The number of hydrogen-bond donors (Lipinski definition) is 2. The van der Waals surface area contributed by atoms with Crippen molar-refractivity contribution in [3.05, 3.63) is 35.9 Å². The van der Waals surface area contributed by atoms with E-state index in [0.717, 1.165) is 38.5 Å². The molecule has 134 valence electrons. The third-order valence-corrected chi connectivity index (χ3v) is 4.50. The van der Waals surface area contributed by atoms with E-state index >= 15 is 0 Å². The molecule has 0 bridgehead atoms. The highest BCUT2D eigenvalue weighted by molar-refractivity contribution is 5.79. The molecule has 1 saturated carbocycles. The molecule has 5 heteroatoms. The molecule has 0 aromatic heterocycles. The second-order valence-corrected chi connectivity index (χ2v) is 6.31. The van der Waals surface area contributed by atoms with Crippen molar-refractivity contribution in [3.63, 3.8) is 0 Å². The largest absolute Gasteiger partial charge is 0.382 e. The molecule has 0 unspecified atom stereocenters. The third-order valence-electron chi connectivity index (χ3n) is 4.50. The minimum absolute atomic E-state index is 0.300. The predicted octanol–water partition coefficient (Wildman–Crippen LogP) is 2.33. The van der Waals surface area contributed by atoms with Crippen LogP contribution < -0.4 is 10.6 Å². The van der Waals surface area contributed by atoms with Crippen LogP contribution >= 0.6 is 0 Å². The molecule has 0 amide bonds. The summed E-state index contributed by atoms with van der Waals surface area (Å²) in [5.74, 6) is 0.887. The summed E-state index contributed by atoms with van der Waals surface area (Å²) in [6.45, 7) is 3.98. The molecule has 24 heavy (non-hydrogen) atoms. The number of aliphatic imine (C=N–C) groups is 1. The quantitative estimate of drug-likeness (QED) is 0.371. The summed E-state index contributed by atoms with van der Waals surface area (Å²) in [6.07, 6.45) is 4.61. The molecule has 0 atom stereocenters. The Morgan fingerprint density at radius 1 is 1.08 bits per heavy atom. The maximum atomic E-state index is 5.46. The zero-order chi connectivity index (χ0) is 17.1. The summed E-state index contributed by atoms with van der Waals surface area (Å²) >= 11 is 0. The lowest BCUT2D eigenvalue weighted by Crippen LogP contribution is -2.41. The highest BCUT2D eigenvalue weighted by Gasteiger charge is 2.43. The second kappa shape index (κ2) is 10.3. The first-order chi connectivity index (χ1) is 11.8. The van der Waals surface area contributed by atoms with E-state index in [4.69, 9.17) is 9.47 Å². The zero-order valence-corrected chi connectivity index (χ0v) is 15.0. The van der Waals surface area contributed by atoms with Crippen molar-refractivity contribution in [2.45, 2.75) is 31.1 Å². The Hall–Kier alpha value is -1.59. The Balaban J connectivity index is 1.60. The van der Waals surface area contributed by atoms with E-state index in [1.54, 1.807) is 7.11 Å². The summed E-state index contributed by atoms with van der Waals surface area (Å²) in [5.41, 5.74) is 1.73. The van der Waals surface area contributed by atoms with Crippen LogP contribution in [0.4, 0.5) is 0 Å². The van der Waals surface area contributed by atoms with Crippen molar-refractivity contribution in [1.82, 2.24) is 10.6 Å². The van der Waals surface area contributed by atoms with Crippen LogP contribution in [0.2, 0.25) is 0 Å². The maximum Gasteiger partial charge on any atom is 0.191 e. The number of nitrogens with one attached hydrogen (secondary N) is 2. The molecule has 0 radical (unpaired) electrons. The Kier molecular flexibility index (Phi) is 8.05. The van der Waals surface area contributed by atoms with Crippen LogP contribution in [0.25, 0.3) is 0 Å². The lowest BCUT2D eigenvalue weighted by atomic mass is 9.96. The van der Waals surface area contributed by atoms with Crippen LogP contribution in [0, 0.1) is 0 Å². The van der Waals surface area contributed by atoms with Crippen molar-refractivity contribution in [2.24, 2.45) is 4.99 Å². The van der Waals surface area contributed by atoms with Crippen LogP contribution in [-0.4, -0.2) is 53.0 Å². The molecule has 1 fully saturated rings. The van der Waals surface area contributed by atoms with Crippen molar-refractivity contribution in [2.75, 3.05) is 47.1 Å². The SMILES string of the molecule is CN=C(NCCCCOCCOC)NCC1(c2ccccc2)CC1. The first-order valence-corrected chi connectivity index (χ1v) is 8.87. The van der Waals surface area contributed by atoms with Crippen molar-refractivity contribution in [1.29, 1.82) is 0 Å². The van der Waals surface area contributed by atoms with E-state index in [1.165, 1.54) is 18.4 Å². The Morgan fingerprint density at radius 3 is 2.54 bits per heavy atom. The molecule has 1 aromatic carbocycles. The lowest BCUT2D eigenvalue weighted by molar-refractivity contribution is 0.0689. The van der Waals surface area contributed by atoms with Crippen LogP contribution in [0.1, 0.15) is 31.2 Å². The van der Waals surface area contributed by atoms with Gasteiger partial charge in [0.2, 0.25) is 0 Å². The highest BCUT2D eigenvalue weighted by atomic mass is 16.5. The Bertz CT molecular complexity index is 487. The molecule has 5 nitrogen and oxygen atoms in total. The van der Waals surface area contributed by atoms with Crippen LogP contribution in [0.3, 0.4) is 0 Å². The van der Waals surface area contributed by atoms with E-state index in [2.05, 4.69) is 46.0 Å². The summed E-state index contributed by atoms with van der Waals surface area (Å²) in [5, 5.41) is 6.86. The molecular formula is C19H31N3O2. The van der Waals surface area contributed by atoms with Gasteiger partial charge in [-0.3, -0.25) is 4.99 Å². The maximum absolute atomic E-state index is 5.46. The van der Waals surface area contributed by atoms with E-state index < -0.39 is 0 Å². The van der Waals surface area contributed by atoms with Gasteiger partial charge in [0.25, 0.3) is 0 Å². The van der Waals surface area contributed by atoms with Crippen molar-refractivity contribution in [3.8, 4) is 0 Å². The topological polar surface area (TPSA) is 54.9 Å². The second-order valence-electron chi connectivity index (χ2n) is 6.31. The van der Waals surface area contributed by atoms with Gasteiger partial charge in [-0.2, -0.15) is 0 Å². The normalized spacial score (nSPS) is 16.0. The number of guanidine groups is 1. The fourth-order valence-electron chi connectivity index (χ4n) is 2.76. The van der Waals surface area contributed by atoms with Gasteiger partial charge in [-0.15, -0.1) is 0 Å². The minimum Gasteiger partial charge on any atom is -0.382 e. The van der Waals surface area contributed by atoms with Gasteiger partial charge < -0.3 is 20.1 Å². The van der Waals surface area contributed by atoms with Gasteiger partial charge in [-0.05, 0) is 31.2 Å². The predicted molar refractivity (Wildman–Crippen MR) is 98.6 cm³/mol. The molecule has 0 heterocycles. The smallest absolute Gasteiger partial charge is 0.191 e. The average Bonchev–Trinajstić information content (AvgIpc) is 3.42. The zero-order valence-electron chi connectivity index (χ0n) is 15.0. The average molecular weight is 333 g/mol. The van der Waals surface area contributed by atoms with E-state index in [0.29, 0.717) is 18.6 Å². The highest BCUT2D eigenvalue weighted by Crippen LogP contribution is 2.47. The number of rotatable bonds is 11. The van der Waals surface area contributed by atoms with Gasteiger partial charge in [-0.25, -0.2) is 0 Å². The van der Waals surface area contributed by atoms with Gasteiger partial charge in [0.1, 0.15) is 0 Å². The number of unbranched alkanes of at least 4 members (excludes halogenated alkanes) is 1. The fourth-order valence-corrected chi connectivity index (χ4v) is 2.76. The van der Waals surface area contributed by atoms with Crippen molar-refractivity contribution < 1.29 is 9.47 Å². The van der Waals surface area contributed by atoms with E-state index in [-0.39, 0.29) is 0 Å². The number of methoxy groups -OCH3 is 1. The molecule has 2 N–H and O–H groups in total. The number of benzene rings is 1. The first kappa shape index (κ1) is 18.7. The Morgan fingerprint density at radius 2 is 1.88 bits per heavy atom. The standard InChI is InChI=1S/C19H31N3O2/c1-20-18(21-12-6-7-13-24-15-14-23-2)22-16-19(10-11-19)17-8-4-3-5-9-17/h3-5,8-9H,6-7,10-16H2,1-2H3,(H2,20,21,22). The number of nitrogens with zero attached hydrogens (tertiary/aromatic N) is 1. The monoisotopic (exact) mass is 333 g/mol. The molecule has 2 rings (SSSR count). The Labute approximate surface area is 145 Å². The first-order valence-electron chi connectivity index (χ1n) is 8.87. The van der Waals surface area contributed by atoms with Crippen LogP contribution in [0.15, 0.2) is 35.3 Å². The van der Waals surface area contributed by atoms with Gasteiger partial charge in [0.05, 0.1) is 13.2 Å². The number of hydrogen-bond acceptors (Lipinski definition) is 3.